The molecule has 0 aliphatic rings. The number of carbonyl (C=O) groups excluding carboxylic acids is 1. The van der Waals surface area contributed by atoms with Crippen LogP contribution in [0.3, 0.4) is 0 Å². The number of ketones is 1. The first-order valence-electron chi connectivity index (χ1n) is 7.74. The van der Waals surface area contributed by atoms with Gasteiger partial charge in [0.25, 0.3) is 0 Å². The Morgan fingerprint density at radius 1 is 1.19 bits per heavy atom. The summed E-state index contributed by atoms with van der Waals surface area (Å²) >= 11 is 1.30. The van der Waals surface area contributed by atoms with E-state index >= 15 is 0 Å². The zero-order chi connectivity index (χ0) is 18.8. The number of sulfonamides is 1. The van der Waals surface area contributed by atoms with Crippen LogP contribution in [-0.2, 0) is 15.6 Å². The van der Waals surface area contributed by atoms with Crippen molar-refractivity contribution < 1.29 is 22.7 Å². The van der Waals surface area contributed by atoms with Crippen molar-refractivity contribution in [3.05, 3.63) is 76.4 Å². The van der Waals surface area contributed by atoms with E-state index in [2.05, 4.69) is 4.72 Å². The van der Waals surface area contributed by atoms with Gasteiger partial charge in [-0.1, -0.05) is 18.2 Å². The summed E-state index contributed by atoms with van der Waals surface area (Å²) in [5.74, 6) is 0.0985. The lowest BCUT2D eigenvalue weighted by Crippen LogP contribution is -2.40. The maximum Gasteiger partial charge on any atom is 0.240 e. The fraction of sp³-hybridized carbons (Fsp3) is 0.167. The second-order valence-electron chi connectivity index (χ2n) is 5.72. The number of benzene rings is 1. The van der Waals surface area contributed by atoms with E-state index in [0.717, 1.165) is 0 Å². The number of furan rings is 1. The third-order valence-electron chi connectivity index (χ3n) is 3.95. The molecule has 8 heteroatoms. The lowest BCUT2D eigenvalue weighted by atomic mass is 9.99. The second kappa shape index (κ2) is 7.16. The number of hydrogen-bond donors (Lipinski definition) is 2. The van der Waals surface area contributed by atoms with Crippen LogP contribution in [0.15, 0.2) is 69.5 Å². The molecule has 2 aromatic heterocycles. The molecule has 0 aliphatic heterocycles. The molecule has 2 heterocycles. The standard InChI is InChI=1S/C18H17NO5S2/c1-13(20)14-6-8-15(9-7-14)26(22,23)19-12-18(21,16-4-2-10-24-16)17-5-3-11-25-17/h2-11,19,21H,12H2,1H3. The molecular formula is C18H17NO5S2. The number of aliphatic hydroxyl groups is 1. The Hall–Kier alpha value is -2.26. The van der Waals surface area contributed by atoms with Gasteiger partial charge in [-0.2, -0.15) is 0 Å². The molecule has 3 aromatic rings. The minimum atomic E-state index is -3.88. The van der Waals surface area contributed by atoms with Crippen LogP contribution in [0.2, 0.25) is 0 Å². The van der Waals surface area contributed by atoms with Crippen molar-refractivity contribution in [3.63, 3.8) is 0 Å². The molecule has 0 radical (unpaired) electrons. The van der Waals surface area contributed by atoms with E-state index in [9.17, 15) is 18.3 Å². The molecule has 1 atom stereocenters. The Morgan fingerprint density at radius 2 is 1.92 bits per heavy atom. The summed E-state index contributed by atoms with van der Waals surface area (Å²) in [4.78, 5) is 11.9. The zero-order valence-electron chi connectivity index (χ0n) is 13.9. The van der Waals surface area contributed by atoms with Crippen molar-refractivity contribution in [1.82, 2.24) is 4.72 Å². The van der Waals surface area contributed by atoms with Gasteiger partial charge in [0.1, 0.15) is 5.76 Å². The maximum absolute atomic E-state index is 12.6. The molecule has 0 spiro atoms. The first-order chi connectivity index (χ1) is 12.3. The zero-order valence-corrected chi connectivity index (χ0v) is 15.5. The summed E-state index contributed by atoms with van der Waals surface area (Å²) in [5, 5.41) is 12.9. The van der Waals surface area contributed by atoms with Crippen molar-refractivity contribution in [3.8, 4) is 0 Å². The Morgan fingerprint density at radius 3 is 2.46 bits per heavy atom. The molecule has 1 aromatic carbocycles. The van der Waals surface area contributed by atoms with Gasteiger partial charge in [0.2, 0.25) is 10.0 Å². The molecule has 0 amide bonds. The van der Waals surface area contributed by atoms with Crippen LogP contribution in [-0.4, -0.2) is 25.9 Å². The van der Waals surface area contributed by atoms with E-state index < -0.39 is 15.6 Å². The van der Waals surface area contributed by atoms with Crippen LogP contribution >= 0.6 is 11.3 Å². The SMILES string of the molecule is CC(=O)c1ccc(S(=O)(=O)NCC(O)(c2ccco2)c2cccs2)cc1. The van der Waals surface area contributed by atoms with E-state index in [4.69, 9.17) is 4.42 Å². The average Bonchev–Trinajstić information content (AvgIpc) is 3.33. The molecule has 136 valence electrons. The Bertz CT molecular complexity index is 941. The summed E-state index contributed by atoms with van der Waals surface area (Å²) in [5.41, 5.74) is -1.20. The van der Waals surface area contributed by atoms with Gasteiger partial charge in [-0.3, -0.25) is 4.79 Å². The number of thiophene rings is 1. The number of Topliss-reactive ketones (excluding diaryl/α,β-unsaturated/α-hetero) is 1. The molecule has 26 heavy (non-hydrogen) atoms. The predicted molar refractivity (Wildman–Crippen MR) is 97.7 cm³/mol. The van der Waals surface area contributed by atoms with E-state index in [1.165, 1.54) is 48.8 Å². The minimum absolute atomic E-state index is 0.00970. The third kappa shape index (κ3) is 3.63. The number of hydrogen-bond acceptors (Lipinski definition) is 6. The van der Waals surface area contributed by atoms with Crippen molar-refractivity contribution in [2.45, 2.75) is 17.4 Å². The fourth-order valence-electron chi connectivity index (χ4n) is 2.48. The van der Waals surface area contributed by atoms with Crippen LogP contribution in [0, 0.1) is 0 Å². The van der Waals surface area contributed by atoms with Gasteiger partial charge in [-0.15, -0.1) is 11.3 Å². The molecule has 0 fully saturated rings. The molecular weight excluding hydrogens is 374 g/mol. The van der Waals surface area contributed by atoms with Gasteiger partial charge in [-0.05, 0) is 42.6 Å². The largest absolute Gasteiger partial charge is 0.466 e. The van der Waals surface area contributed by atoms with Crippen molar-refractivity contribution in [2.24, 2.45) is 0 Å². The second-order valence-corrected chi connectivity index (χ2v) is 8.43. The number of carbonyl (C=O) groups is 1. The van der Waals surface area contributed by atoms with E-state index in [1.54, 1.807) is 29.6 Å². The molecule has 3 rings (SSSR count). The van der Waals surface area contributed by atoms with Gasteiger partial charge in [0.15, 0.2) is 11.4 Å². The lowest BCUT2D eigenvalue weighted by Gasteiger charge is -2.25. The highest BCUT2D eigenvalue weighted by molar-refractivity contribution is 7.89. The fourth-order valence-corrected chi connectivity index (χ4v) is 4.36. The van der Waals surface area contributed by atoms with Crippen molar-refractivity contribution in [2.75, 3.05) is 6.54 Å². The topological polar surface area (TPSA) is 96.6 Å². The number of nitrogens with one attached hydrogen (secondary N) is 1. The lowest BCUT2D eigenvalue weighted by molar-refractivity contribution is 0.0655. The smallest absolute Gasteiger partial charge is 0.240 e. The normalized spacial score (nSPS) is 14.1. The van der Waals surface area contributed by atoms with Crippen LogP contribution in [0.25, 0.3) is 0 Å². The van der Waals surface area contributed by atoms with Crippen LogP contribution in [0.1, 0.15) is 27.9 Å². The van der Waals surface area contributed by atoms with Gasteiger partial charge >= 0.3 is 0 Å². The molecule has 0 bridgehead atoms. The van der Waals surface area contributed by atoms with E-state index in [-0.39, 0.29) is 23.0 Å². The summed E-state index contributed by atoms with van der Waals surface area (Å²) in [6, 6.07) is 12.3. The predicted octanol–water partition coefficient (Wildman–Crippen LogP) is 2.76. The Balaban J connectivity index is 1.86. The first-order valence-corrected chi connectivity index (χ1v) is 10.1. The molecule has 0 saturated heterocycles. The van der Waals surface area contributed by atoms with Crippen LogP contribution in [0.5, 0.6) is 0 Å². The third-order valence-corrected chi connectivity index (χ3v) is 6.38. The van der Waals surface area contributed by atoms with Gasteiger partial charge in [0.05, 0.1) is 17.7 Å². The van der Waals surface area contributed by atoms with E-state index in [0.29, 0.717) is 10.4 Å². The Kier molecular flexibility index (Phi) is 5.10. The van der Waals surface area contributed by atoms with Gasteiger partial charge in [0, 0.05) is 10.4 Å². The van der Waals surface area contributed by atoms with Crippen LogP contribution in [0.4, 0.5) is 0 Å². The summed E-state index contributed by atoms with van der Waals surface area (Å²) in [6.07, 6.45) is 1.42. The van der Waals surface area contributed by atoms with Gasteiger partial charge in [-0.25, -0.2) is 13.1 Å². The molecule has 0 saturated carbocycles. The molecule has 1 unspecified atom stereocenters. The first kappa shape index (κ1) is 18.5. The number of rotatable bonds is 7. The molecule has 2 N–H and O–H groups in total. The highest BCUT2D eigenvalue weighted by Crippen LogP contribution is 2.33. The summed E-state index contributed by atoms with van der Waals surface area (Å²) in [6.45, 7) is 1.12. The Labute approximate surface area is 155 Å². The quantitative estimate of drug-likeness (QED) is 0.604. The van der Waals surface area contributed by atoms with E-state index in [1.807, 2.05) is 0 Å². The van der Waals surface area contributed by atoms with Gasteiger partial charge < -0.3 is 9.52 Å². The average molecular weight is 391 g/mol. The minimum Gasteiger partial charge on any atom is -0.466 e. The van der Waals surface area contributed by atoms with Crippen molar-refractivity contribution in [1.29, 1.82) is 0 Å². The summed E-state index contributed by atoms with van der Waals surface area (Å²) in [7, 11) is -3.88. The highest BCUT2D eigenvalue weighted by Gasteiger charge is 2.37. The monoisotopic (exact) mass is 391 g/mol. The summed E-state index contributed by atoms with van der Waals surface area (Å²) < 4.78 is 32.9. The van der Waals surface area contributed by atoms with Crippen LogP contribution < -0.4 is 4.72 Å². The maximum atomic E-state index is 12.6. The highest BCUT2D eigenvalue weighted by atomic mass is 32.2. The molecule has 0 aliphatic carbocycles. The van der Waals surface area contributed by atoms with Crippen molar-refractivity contribution >= 4 is 27.1 Å². The molecule has 6 nitrogen and oxygen atoms in total.